The molecule has 78 valence electrons. The molecule has 3 heteroatoms. The van der Waals surface area contributed by atoms with Crippen molar-refractivity contribution in [2.24, 2.45) is 5.92 Å². The van der Waals surface area contributed by atoms with Gasteiger partial charge in [0.2, 0.25) is 0 Å². The third-order valence-electron chi connectivity index (χ3n) is 2.84. The van der Waals surface area contributed by atoms with Crippen LogP contribution in [0.5, 0.6) is 0 Å². The fourth-order valence-electron chi connectivity index (χ4n) is 1.99. The van der Waals surface area contributed by atoms with E-state index in [9.17, 15) is 10.2 Å². The van der Waals surface area contributed by atoms with E-state index >= 15 is 0 Å². The topological polar surface area (TPSA) is 43.7 Å². The second-order valence-electron chi connectivity index (χ2n) is 4.23. The molecule has 0 spiro atoms. The lowest BCUT2D eigenvalue weighted by Crippen LogP contribution is -2.40. The molecule has 3 nitrogen and oxygen atoms in total. The van der Waals surface area contributed by atoms with Crippen molar-refractivity contribution in [3.8, 4) is 0 Å². The zero-order valence-corrected chi connectivity index (χ0v) is 8.61. The molecule has 2 atom stereocenters. The van der Waals surface area contributed by atoms with Gasteiger partial charge in [-0.1, -0.05) is 0 Å². The molecule has 0 aromatic rings. The minimum absolute atomic E-state index is 0.173. The second-order valence-corrected chi connectivity index (χ2v) is 4.23. The molecule has 1 saturated heterocycles. The van der Waals surface area contributed by atoms with Gasteiger partial charge in [0, 0.05) is 6.54 Å². The number of rotatable bonds is 3. The van der Waals surface area contributed by atoms with Crippen LogP contribution in [0.15, 0.2) is 0 Å². The summed E-state index contributed by atoms with van der Waals surface area (Å²) in [4.78, 5) is 2.27. The van der Waals surface area contributed by atoms with Gasteiger partial charge in [0.05, 0.1) is 12.2 Å². The quantitative estimate of drug-likeness (QED) is 0.674. The number of nitrogens with zero attached hydrogens (tertiary/aromatic N) is 1. The number of hydrogen-bond donors (Lipinski definition) is 2. The van der Waals surface area contributed by atoms with Gasteiger partial charge in [0.1, 0.15) is 0 Å². The van der Waals surface area contributed by atoms with Crippen molar-refractivity contribution in [2.75, 3.05) is 19.6 Å². The summed E-state index contributed by atoms with van der Waals surface area (Å²) in [5.41, 5.74) is 0. The molecule has 0 bridgehead atoms. The van der Waals surface area contributed by atoms with Gasteiger partial charge in [-0.25, -0.2) is 0 Å². The van der Waals surface area contributed by atoms with Crippen molar-refractivity contribution in [2.45, 2.75) is 38.9 Å². The molecule has 1 heterocycles. The van der Waals surface area contributed by atoms with Crippen LogP contribution in [0.25, 0.3) is 0 Å². The minimum atomic E-state index is -0.233. The van der Waals surface area contributed by atoms with E-state index in [1.54, 1.807) is 0 Å². The third kappa shape index (κ3) is 3.63. The second kappa shape index (κ2) is 4.94. The third-order valence-corrected chi connectivity index (χ3v) is 2.84. The summed E-state index contributed by atoms with van der Waals surface area (Å²) in [5, 5.41) is 18.6. The molecule has 2 N–H and O–H groups in total. The van der Waals surface area contributed by atoms with Crippen LogP contribution in [0.3, 0.4) is 0 Å². The Morgan fingerprint density at radius 2 is 1.77 bits per heavy atom. The standard InChI is InChI=1S/C10H21NO2/c1-8(12)7-11-5-3-10(4-6-11)9(2)13/h8-10,12-13H,3-7H2,1-2H3/t8-,9?/m0/s1. The van der Waals surface area contributed by atoms with Crippen LogP contribution < -0.4 is 0 Å². The Hall–Kier alpha value is -0.120. The molecule has 1 aliphatic heterocycles. The zero-order valence-electron chi connectivity index (χ0n) is 8.61. The first kappa shape index (κ1) is 11.0. The normalized spacial score (nSPS) is 25.8. The van der Waals surface area contributed by atoms with Gasteiger partial charge in [0.25, 0.3) is 0 Å². The maximum absolute atomic E-state index is 9.38. The lowest BCUT2D eigenvalue weighted by Gasteiger charge is -2.33. The molecule has 1 aliphatic rings. The molecule has 0 aromatic heterocycles. The molecule has 0 saturated carbocycles. The highest BCUT2D eigenvalue weighted by Crippen LogP contribution is 2.20. The van der Waals surface area contributed by atoms with Crippen LogP contribution >= 0.6 is 0 Å². The Bertz CT molecular complexity index is 140. The smallest absolute Gasteiger partial charge is 0.0639 e. The minimum Gasteiger partial charge on any atom is -0.393 e. The molecule has 0 amide bonds. The Morgan fingerprint density at radius 1 is 1.23 bits per heavy atom. The van der Waals surface area contributed by atoms with E-state index in [-0.39, 0.29) is 12.2 Å². The van der Waals surface area contributed by atoms with Gasteiger partial charge in [-0.05, 0) is 45.7 Å². The monoisotopic (exact) mass is 187 g/mol. The predicted octanol–water partition coefficient (Wildman–Crippen LogP) is 0.460. The molecule has 1 rings (SSSR count). The Balaban J connectivity index is 2.22. The van der Waals surface area contributed by atoms with Gasteiger partial charge < -0.3 is 15.1 Å². The molecular weight excluding hydrogens is 166 g/mol. The van der Waals surface area contributed by atoms with Gasteiger partial charge in [-0.2, -0.15) is 0 Å². The predicted molar refractivity (Wildman–Crippen MR) is 52.5 cm³/mol. The van der Waals surface area contributed by atoms with Crippen LogP contribution in [-0.4, -0.2) is 47.0 Å². The van der Waals surface area contributed by atoms with Crippen LogP contribution in [-0.2, 0) is 0 Å². The van der Waals surface area contributed by atoms with Crippen LogP contribution in [0.2, 0.25) is 0 Å². The average Bonchev–Trinajstić information content (AvgIpc) is 2.04. The van der Waals surface area contributed by atoms with Gasteiger partial charge in [-0.3, -0.25) is 0 Å². The van der Waals surface area contributed by atoms with Crippen molar-refractivity contribution in [3.05, 3.63) is 0 Å². The first-order valence-corrected chi connectivity index (χ1v) is 5.18. The van der Waals surface area contributed by atoms with Gasteiger partial charge in [-0.15, -0.1) is 0 Å². The number of aliphatic hydroxyl groups is 2. The summed E-state index contributed by atoms with van der Waals surface area (Å²) in [6, 6.07) is 0. The van der Waals surface area contributed by atoms with Crippen molar-refractivity contribution < 1.29 is 10.2 Å². The maximum Gasteiger partial charge on any atom is 0.0639 e. The first-order chi connectivity index (χ1) is 6.09. The number of hydrogen-bond acceptors (Lipinski definition) is 3. The Kier molecular flexibility index (Phi) is 4.16. The number of likely N-dealkylation sites (tertiary alicyclic amines) is 1. The van der Waals surface area contributed by atoms with Gasteiger partial charge >= 0.3 is 0 Å². The van der Waals surface area contributed by atoms with Crippen LogP contribution in [0.1, 0.15) is 26.7 Å². The fourth-order valence-corrected chi connectivity index (χ4v) is 1.99. The van der Waals surface area contributed by atoms with Gasteiger partial charge in [0.15, 0.2) is 0 Å². The summed E-state index contributed by atoms with van der Waals surface area (Å²) in [5.74, 6) is 0.463. The summed E-state index contributed by atoms with van der Waals surface area (Å²) >= 11 is 0. The van der Waals surface area contributed by atoms with E-state index in [0.717, 1.165) is 32.5 Å². The fraction of sp³-hybridized carbons (Fsp3) is 1.00. The van der Waals surface area contributed by atoms with Crippen molar-refractivity contribution in [1.29, 1.82) is 0 Å². The Labute approximate surface area is 80.4 Å². The van der Waals surface area contributed by atoms with Crippen LogP contribution in [0, 0.1) is 5.92 Å². The largest absolute Gasteiger partial charge is 0.393 e. The number of β-amino-alcohol motifs (C(OH)–C–C–N with tert-alkyl or cyclic N) is 1. The molecule has 13 heavy (non-hydrogen) atoms. The maximum atomic E-state index is 9.38. The highest BCUT2D eigenvalue weighted by Gasteiger charge is 2.22. The molecule has 0 aliphatic carbocycles. The van der Waals surface area contributed by atoms with E-state index < -0.39 is 0 Å². The SMILES string of the molecule is CC(O)C1CCN(C[C@H](C)O)CC1. The van der Waals surface area contributed by atoms with Crippen molar-refractivity contribution in [1.82, 2.24) is 4.90 Å². The van der Waals surface area contributed by atoms with Crippen molar-refractivity contribution >= 4 is 0 Å². The van der Waals surface area contributed by atoms with E-state index in [2.05, 4.69) is 4.90 Å². The molecule has 1 unspecified atom stereocenters. The number of piperidine rings is 1. The lowest BCUT2D eigenvalue weighted by molar-refractivity contribution is 0.0529. The molecule has 0 radical (unpaired) electrons. The summed E-state index contributed by atoms with van der Waals surface area (Å²) in [7, 11) is 0. The summed E-state index contributed by atoms with van der Waals surface area (Å²) in [6.07, 6.45) is 1.71. The number of aliphatic hydroxyl groups excluding tert-OH is 2. The molecular formula is C10H21NO2. The average molecular weight is 187 g/mol. The van der Waals surface area contributed by atoms with Crippen molar-refractivity contribution in [3.63, 3.8) is 0 Å². The highest BCUT2D eigenvalue weighted by molar-refractivity contribution is 4.76. The van der Waals surface area contributed by atoms with E-state index in [0.29, 0.717) is 5.92 Å². The molecule has 1 fully saturated rings. The van der Waals surface area contributed by atoms with Crippen LogP contribution in [0.4, 0.5) is 0 Å². The van der Waals surface area contributed by atoms with E-state index in [1.807, 2.05) is 13.8 Å². The molecule has 0 aromatic carbocycles. The summed E-state index contributed by atoms with van der Waals surface area (Å²) < 4.78 is 0. The Morgan fingerprint density at radius 3 is 2.15 bits per heavy atom. The lowest BCUT2D eigenvalue weighted by atomic mass is 9.92. The highest BCUT2D eigenvalue weighted by atomic mass is 16.3. The first-order valence-electron chi connectivity index (χ1n) is 5.18. The summed E-state index contributed by atoms with van der Waals surface area (Å²) in [6.45, 7) is 6.49. The zero-order chi connectivity index (χ0) is 9.84. The van der Waals surface area contributed by atoms with E-state index in [1.165, 1.54) is 0 Å². The van der Waals surface area contributed by atoms with E-state index in [4.69, 9.17) is 0 Å².